The van der Waals surface area contributed by atoms with Crippen LogP contribution in [0.1, 0.15) is 32.1 Å². The van der Waals surface area contributed by atoms with E-state index in [0.717, 1.165) is 22.1 Å². The second-order valence-electron chi connectivity index (χ2n) is 4.97. The second kappa shape index (κ2) is 3.35. The van der Waals surface area contributed by atoms with Crippen molar-refractivity contribution in [3.05, 3.63) is 16.1 Å². The Hall–Kier alpha value is -1.29. The highest BCUT2D eigenvalue weighted by molar-refractivity contribution is 7.15. The number of imidazole rings is 1. The summed E-state index contributed by atoms with van der Waals surface area (Å²) in [6.07, 6.45) is 8.51. The van der Waals surface area contributed by atoms with Gasteiger partial charge in [0.2, 0.25) is 5.88 Å². The molecular formula is C13H14N2OS. The van der Waals surface area contributed by atoms with Crippen molar-refractivity contribution in [3.8, 4) is 5.88 Å². The van der Waals surface area contributed by atoms with E-state index in [0.29, 0.717) is 11.8 Å². The number of nitrogens with zero attached hydrogens (tertiary/aromatic N) is 2. The van der Waals surface area contributed by atoms with Crippen molar-refractivity contribution in [2.75, 3.05) is 0 Å². The maximum Gasteiger partial charge on any atom is 0.208 e. The van der Waals surface area contributed by atoms with E-state index in [1.165, 1.54) is 42.6 Å². The molecule has 88 valence electrons. The SMILES string of the molecule is Oc1csc2nc3c(n12)=CCC1CCCCC=31. The van der Waals surface area contributed by atoms with E-state index in [1.54, 1.807) is 5.38 Å². The minimum atomic E-state index is 0.324. The molecular weight excluding hydrogens is 232 g/mol. The highest BCUT2D eigenvalue weighted by Gasteiger charge is 2.23. The summed E-state index contributed by atoms with van der Waals surface area (Å²) in [4.78, 5) is 5.63. The van der Waals surface area contributed by atoms with Gasteiger partial charge < -0.3 is 5.11 Å². The Morgan fingerprint density at radius 2 is 2.35 bits per heavy atom. The minimum absolute atomic E-state index is 0.324. The summed E-state index contributed by atoms with van der Waals surface area (Å²) in [5, 5.41) is 13.9. The lowest BCUT2D eigenvalue weighted by Gasteiger charge is -2.25. The van der Waals surface area contributed by atoms with Gasteiger partial charge in [0.25, 0.3) is 0 Å². The predicted octanol–water partition coefficient (Wildman–Crippen LogP) is 1.63. The zero-order valence-corrected chi connectivity index (χ0v) is 10.3. The molecule has 1 fully saturated rings. The molecule has 0 radical (unpaired) electrons. The Bertz CT molecular complexity index is 710. The highest BCUT2D eigenvalue weighted by Crippen LogP contribution is 2.33. The molecule has 0 bridgehead atoms. The molecule has 2 aliphatic rings. The van der Waals surface area contributed by atoms with Crippen LogP contribution in [0.4, 0.5) is 0 Å². The molecule has 1 atom stereocenters. The lowest BCUT2D eigenvalue weighted by molar-refractivity contribution is 0.447. The fourth-order valence-corrected chi connectivity index (χ4v) is 3.96. The Morgan fingerprint density at radius 3 is 3.29 bits per heavy atom. The van der Waals surface area contributed by atoms with Crippen LogP contribution in [0.2, 0.25) is 0 Å². The number of fused-ring (bicyclic) bond motifs is 4. The van der Waals surface area contributed by atoms with Gasteiger partial charge in [0, 0.05) is 0 Å². The van der Waals surface area contributed by atoms with Crippen molar-refractivity contribution >= 4 is 27.9 Å². The average Bonchev–Trinajstić information content (AvgIpc) is 2.90. The van der Waals surface area contributed by atoms with E-state index in [9.17, 15) is 5.11 Å². The normalized spacial score (nSPS) is 23.3. The van der Waals surface area contributed by atoms with Crippen molar-refractivity contribution in [3.63, 3.8) is 0 Å². The first kappa shape index (κ1) is 9.71. The second-order valence-corrected chi connectivity index (χ2v) is 5.80. The van der Waals surface area contributed by atoms with Gasteiger partial charge >= 0.3 is 0 Å². The molecule has 2 heterocycles. The third kappa shape index (κ3) is 1.24. The van der Waals surface area contributed by atoms with Crippen molar-refractivity contribution in [1.29, 1.82) is 0 Å². The van der Waals surface area contributed by atoms with Crippen LogP contribution in [0.25, 0.3) is 16.6 Å². The van der Waals surface area contributed by atoms with Crippen LogP contribution in [-0.4, -0.2) is 14.5 Å². The summed E-state index contributed by atoms with van der Waals surface area (Å²) in [7, 11) is 0. The van der Waals surface area contributed by atoms with Gasteiger partial charge in [-0.2, -0.15) is 0 Å². The van der Waals surface area contributed by atoms with Crippen molar-refractivity contribution in [2.45, 2.75) is 32.1 Å². The number of aromatic hydroxyl groups is 1. The fraction of sp³-hybridized carbons (Fsp3) is 0.462. The summed E-state index contributed by atoms with van der Waals surface area (Å²) in [6, 6.07) is 0. The molecule has 4 rings (SSSR count). The fourth-order valence-electron chi connectivity index (χ4n) is 3.20. The predicted molar refractivity (Wildman–Crippen MR) is 68.4 cm³/mol. The summed E-state index contributed by atoms with van der Waals surface area (Å²) in [6.45, 7) is 0. The third-order valence-electron chi connectivity index (χ3n) is 4.02. The Kier molecular flexibility index (Phi) is 1.92. The van der Waals surface area contributed by atoms with Crippen LogP contribution < -0.4 is 10.7 Å². The molecule has 0 amide bonds. The molecule has 2 aromatic heterocycles. The molecule has 0 aliphatic heterocycles. The minimum Gasteiger partial charge on any atom is -0.494 e. The molecule has 1 N–H and O–H groups in total. The smallest absolute Gasteiger partial charge is 0.208 e. The van der Waals surface area contributed by atoms with Crippen LogP contribution in [0, 0.1) is 5.92 Å². The van der Waals surface area contributed by atoms with Gasteiger partial charge in [0.1, 0.15) is 0 Å². The molecule has 2 aliphatic carbocycles. The summed E-state index contributed by atoms with van der Waals surface area (Å²) in [5.74, 6) is 1.04. The van der Waals surface area contributed by atoms with E-state index >= 15 is 0 Å². The molecule has 4 heteroatoms. The number of hydrogen-bond acceptors (Lipinski definition) is 3. The molecule has 0 spiro atoms. The van der Waals surface area contributed by atoms with Crippen LogP contribution in [0.3, 0.4) is 0 Å². The number of rotatable bonds is 0. The highest BCUT2D eigenvalue weighted by atomic mass is 32.1. The molecule has 0 aromatic carbocycles. The van der Waals surface area contributed by atoms with E-state index in [2.05, 4.69) is 6.08 Å². The van der Waals surface area contributed by atoms with Gasteiger partial charge in [-0.15, -0.1) is 11.3 Å². The molecule has 1 saturated carbocycles. The maximum atomic E-state index is 9.86. The zero-order valence-electron chi connectivity index (χ0n) is 9.52. The van der Waals surface area contributed by atoms with Gasteiger partial charge in [-0.25, -0.2) is 4.98 Å². The first-order valence-electron chi connectivity index (χ1n) is 6.23. The van der Waals surface area contributed by atoms with Crippen molar-refractivity contribution in [2.24, 2.45) is 5.92 Å². The van der Waals surface area contributed by atoms with E-state index in [1.807, 2.05) is 4.40 Å². The molecule has 0 saturated heterocycles. The monoisotopic (exact) mass is 246 g/mol. The van der Waals surface area contributed by atoms with Crippen LogP contribution in [-0.2, 0) is 0 Å². The largest absolute Gasteiger partial charge is 0.494 e. The molecule has 1 unspecified atom stereocenters. The van der Waals surface area contributed by atoms with Gasteiger partial charge in [-0.1, -0.05) is 12.5 Å². The Morgan fingerprint density at radius 1 is 1.41 bits per heavy atom. The third-order valence-corrected chi connectivity index (χ3v) is 4.84. The Balaban J connectivity index is 2.13. The van der Waals surface area contributed by atoms with Crippen molar-refractivity contribution < 1.29 is 5.11 Å². The lowest BCUT2D eigenvalue weighted by Crippen LogP contribution is -2.35. The summed E-state index contributed by atoms with van der Waals surface area (Å²) >= 11 is 1.52. The molecule has 3 nitrogen and oxygen atoms in total. The van der Waals surface area contributed by atoms with Crippen molar-refractivity contribution in [1.82, 2.24) is 9.38 Å². The van der Waals surface area contributed by atoms with Gasteiger partial charge in [0.15, 0.2) is 4.96 Å². The van der Waals surface area contributed by atoms with Crippen LogP contribution in [0.15, 0.2) is 5.38 Å². The van der Waals surface area contributed by atoms with Gasteiger partial charge in [-0.05, 0) is 37.2 Å². The molecule has 17 heavy (non-hydrogen) atoms. The number of thiazole rings is 1. The van der Waals surface area contributed by atoms with Crippen LogP contribution >= 0.6 is 11.3 Å². The standard InChI is InChI=1S/C13H14N2OS/c16-11-7-17-13-14-12-9-4-2-1-3-8(9)5-6-10(12)15(11)13/h6-8,16H,1-5H2. The number of aromatic nitrogens is 2. The first-order valence-corrected chi connectivity index (χ1v) is 7.11. The summed E-state index contributed by atoms with van der Waals surface area (Å²) < 4.78 is 1.89. The quantitative estimate of drug-likeness (QED) is 0.767. The average molecular weight is 246 g/mol. The first-order chi connectivity index (χ1) is 8.34. The van der Waals surface area contributed by atoms with E-state index in [-0.39, 0.29) is 0 Å². The lowest BCUT2D eigenvalue weighted by atomic mass is 9.80. The molecule has 2 aromatic rings. The van der Waals surface area contributed by atoms with Gasteiger partial charge in [0.05, 0.1) is 16.1 Å². The van der Waals surface area contributed by atoms with Gasteiger partial charge in [-0.3, -0.25) is 4.40 Å². The van der Waals surface area contributed by atoms with E-state index in [4.69, 9.17) is 4.98 Å². The maximum absolute atomic E-state index is 9.86. The van der Waals surface area contributed by atoms with Crippen LogP contribution in [0.5, 0.6) is 5.88 Å². The zero-order chi connectivity index (χ0) is 11.4. The van der Waals surface area contributed by atoms with E-state index < -0.39 is 0 Å². The number of hydrogen-bond donors (Lipinski definition) is 1. The topological polar surface area (TPSA) is 37.5 Å². The summed E-state index contributed by atoms with van der Waals surface area (Å²) in [5.41, 5.74) is 1.53. The Labute approximate surface area is 103 Å².